The maximum atomic E-state index is 12.7. The van der Waals surface area contributed by atoms with Crippen molar-refractivity contribution in [1.29, 1.82) is 0 Å². The summed E-state index contributed by atoms with van der Waals surface area (Å²) in [5.41, 5.74) is 5.73. The molecule has 1 fully saturated rings. The standard InChI is InChI=1S/C15H20F3N3O2/c1-2-23-14(22)10-20-5-7-21(8-6-20)13-4-3-11(9-12(13)19)15(16,17)18/h3-4,9H,2,5-8,10,19H2,1H3. The van der Waals surface area contributed by atoms with Crippen molar-refractivity contribution in [2.45, 2.75) is 13.1 Å². The van der Waals surface area contributed by atoms with Crippen LogP contribution in [0.1, 0.15) is 12.5 Å². The molecule has 1 aromatic carbocycles. The van der Waals surface area contributed by atoms with Gasteiger partial charge in [-0.15, -0.1) is 0 Å². The van der Waals surface area contributed by atoms with Gasteiger partial charge in [0.2, 0.25) is 0 Å². The highest BCUT2D eigenvalue weighted by Gasteiger charge is 2.31. The van der Waals surface area contributed by atoms with Gasteiger partial charge in [-0.1, -0.05) is 0 Å². The van der Waals surface area contributed by atoms with E-state index in [2.05, 4.69) is 0 Å². The zero-order valence-electron chi connectivity index (χ0n) is 12.9. The molecule has 1 heterocycles. The zero-order valence-corrected chi connectivity index (χ0v) is 12.9. The number of hydrogen-bond donors (Lipinski definition) is 1. The second kappa shape index (κ2) is 7.08. The molecule has 1 saturated heterocycles. The summed E-state index contributed by atoms with van der Waals surface area (Å²) in [4.78, 5) is 15.3. The Hall–Kier alpha value is -1.96. The number of ether oxygens (including phenoxy) is 1. The van der Waals surface area contributed by atoms with E-state index in [9.17, 15) is 18.0 Å². The van der Waals surface area contributed by atoms with Crippen LogP contribution in [0.5, 0.6) is 0 Å². The number of anilines is 2. The number of esters is 1. The van der Waals surface area contributed by atoms with E-state index in [1.807, 2.05) is 9.80 Å². The van der Waals surface area contributed by atoms with Crippen LogP contribution in [0.2, 0.25) is 0 Å². The molecule has 0 aromatic heterocycles. The van der Waals surface area contributed by atoms with Crippen LogP contribution in [-0.2, 0) is 15.7 Å². The van der Waals surface area contributed by atoms with Crippen LogP contribution in [0, 0.1) is 0 Å². The Morgan fingerprint density at radius 3 is 2.43 bits per heavy atom. The summed E-state index contributed by atoms with van der Waals surface area (Å²) in [6, 6.07) is 3.40. The van der Waals surface area contributed by atoms with Gasteiger partial charge in [0.25, 0.3) is 0 Å². The number of nitrogens with zero attached hydrogens (tertiary/aromatic N) is 2. The average Bonchev–Trinajstić information content (AvgIpc) is 2.47. The molecule has 2 N–H and O–H groups in total. The van der Waals surface area contributed by atoms with Crippen LogP contribution < -0.4 is 10.6 Å². The Morgan fingerprint density at radius 1 is 1.26 bits per heavy atom. The van der Waals surface area contributed by atoms with E-state index in [4.69, 9.17) is 10.5 Å². The lowest BCUT2D eigenvalue weighted by Crippen LogP contribution is -2.48. The number of halogens is 3. The number of piperazine rings is 1. The predicted octanol–water partition coefficient (Wildman–Crippen LogP) is 1.97. The van der Waals surface area contributed by atoms with E-state index in [1.54, 1.807) is 6.92 Å². The van der Waals surface area contributed by atoms with Crippen LogP contribution in [0.3, 0.4) is 0 Å². The molecule has 0 bridgehead atoms. The third-order valence-corrected chi connectivity index (χ3v) is 3.73. The molecular weight excluding hydrogens is 311 g/mol. The van der Waals surface area contributed by atoms with E-state index in [0.29, 0.717) is 38.5 Å². The minimum atomic E-state index is -4.40. The monoisotopic (exact) mass is 331 g/mol. The first-order valence-electron chi connectivity index (χ1n) is 7.41. The molecule has 0 saturated carbocycles. The maximum absolute atomic E-state index is 12.7. The fourth-order valence-electron chi connectivity index (χ4n) is 2.55. The van der Waals surface area contributed by atoms with Gasteiger partial charge in [0.1, 0.15) is 0 Å². The Balaban J connectivity index is 1.96. The van der Waals surface area contributed by atoms with E-state index in [0.717, 1.165) is 12.1 Å². The molecule has 5 nitrogen and oxygen atoms in total. The van der Waals surface area contributed by atoms with E-state index in [1.165, 1.54) is 6.07 Å². The topological polar surface area (TPSA) is 58.8 Å². The molecule has 0 atom stereocenters. The first-order chi connectivity index (χ1) is 10.8. The highest BCUT2D eigenvalue weighted by molar-refractivity contribution is 5.72. The highest BCUT2D eigenvalue weighted by atomic mass is 19.4. The van der Waals surface area contributed by atoms with Crippen LogP contribution in [0.15, 0.2) is 18.2 Å². The first kappa shape index (κ1) is 17.4. The van der Waals surface area contributed by atoms with Crippen molar-refractivity contribution in [2.75, 3.05) is 50.0 Å². The maximum Gasteiger partial charge on any atom is 0.416 e. The molecule has 1 aliphatic rings. The smallest absolute Gasteiger partial charge is 0.416 e. The summed E-state index contributed by atoms with van der Waals surface area (Å²) in [6.07, 6.45) is -4.40. The molecule has 0 aliphatic carbocycles. The van der Waals surface area contributed by atoms with Crippen molar-refractivity contribution in [1.82, 2.24) is 4.90 Å². The van der Waals surface area contributed by atoms with Gasteiger partial charge in [-0.05, 0) is 25.1 Å². The van der Waals surface area contributed by atoms with Crippen molar-refractivity contribution in [3.8, 4) is 0 Å². The summed E-state index contributed by atoms with van der Waals surface area (Å²) < 4.78 is 42.9. The number of carbonyl (C=O) groups is 1. The minimum absolute atomic E-state index is 0.110. The molecule has 0 amide bonds. The SMILES string of the molecule is CCOC(=O)CN1CCN(c2ccc(C(F)(F)F)cc2N)CC1. The van der Waals surface area contributed by atoms with E-state index >= 15 is 0 Å². The molecule has 128 valence electrons. The second-order valence-electron chi connectivity index (χ2n) is 5.34. The van der Waals surface area contributed by atoms with Crippen molar-refractivity contribution in [3.05, 3.63) is 23.8 Å². The summed E-state index contributed by atoms with van der Waals surface area (Å²) in [5, 5.41) is 0. The van der Waals surface area contributed by atoms with Gasteiger partial charge in [-0.25, -0.2) is 0 Å². The van der Waals surface area contributed by atoms with Gasteiger partial charge in [-0.2, -0.15) is 13.2 Å². The Labute approximate surface area is 132 Å². The number of hydrogen-bond acceptors (Lipinski definition) is 5. The van der Waals surface area contributed by atoms with E-state index in [-0.39, 0.29) is 18.2 Å². The molecule has 0 radical (unpaired) electrons. The van der Waals surface area contributed by atoms with Crippen molar-refractivity contribution in [2.24, 2.45) is 0 Å². The van der Waals surface area contributed by atoms with Gasteiger partial charge < -0.3 is 15.4 Å². The number of carbonyl (C=O) groups excluding carboxylic acids is 1. The molecule has 0 unspecified atom stereocenters. The number of benzene rings is 1. The number of alkyl halides is 3. The molecule has 1 aliphatic heterocycles. The van der Waals surface area contributed by atoms with Crippen LogP contribution >= 0.6 is 0 Å². The fourth-order valence-corrected chi connectivity index (χ4v) is 2.55. The molecular formula is C15H20F3N3O2. The Bertz CT molecular complexity index is 555. The highest BCUT2D eigenvalue weighted by Crippen LogP contribution is 2.34. The lowest BCUT2D eigenvalue weighted by Gasteiger charge is -2.36. The Kier molecular flexibility index (Phi) is 5.35. The molecule has 0 spiro atoms. The number of rotatable bonds is 4. The number of nitrogens with two attached hydrogens (primary N) is 1. The first-order valence-corrected chi connectivity index (χ1v) is 7.41. The van der Waals surface area contributed by atoms with Crippen LogP contribution in [0.4, 0.5) is 24.5 Å². The summed E-state index contributed by atoms with van der Waals surface area (Å²) in [6.45, 7) is 4.76. The summed E-state index contributed by atoms with van der Waals surface area (Å²) >= 11 is 0. The second-order valence-corrected chi connectivity index (χ2v) is 5.34. The van der Waals surface area contributed by atoms with Gasteiger partial charge in [0.05, 0.1) is 30.1 Å². The van der Waals surface area contributed by atoms with Crippen molar-refractivity contribution >= 4 is 17.3 Å². The molecule has 8 heteroatoms. The lowest BCUT2D eigenvalue weighted by atomic mass is 10.1. The van der Waals surface area contributed by atoms with Crippen LogP contribution in [-0.4, -0.2) is 50.2 Å². The van der Waals surface area contributed by atoms with Crippen molar-refractivity contribution in [3.63, 3.8) is 0 Å². The summed E-state index contributed by atoms with van der Waals surface area (Å²) in [5.74, 6) is -0.269. The minimum Gasteiger partial charge on any atom is -0.465 e. The fraction of sp³-hybridized carbons (Fsp3) is 0.533. The molecule has 2 rings (SSSR count). The lowest BCUT2D eigenvalue weighted by molar-refractivity contribution is -0.144. The van der Waals surface area contributed by atoms with Gasteiger partial charge in [0, 0.05) is 26.2 Å². The average molecular weight is 331 g/mol. The third-order valence-electron chi connectivity index (χ3n) is 3.73. The molecule has 1 aromatic rings. The van der Waals surface area contributed by atoms with Gasteiger partial charge in [-0.3, -0.25) is 9.69 Å². The zero-order chi connectivity index (χ0) is 17.0. The molecule has 23 heavy (non-hydrogen) atoms. The van der Waals surface area contributed by atoms with Gasteiger partial charge >= 0.3 is 12.1 Å². The van der Waals surface area contributed by atoms with Gasteiger partial charge in [0.15, 0.2) is 0 Å². The van der Waals surface area contributed by atoms with Crippen molar-refractivity contribution < 1.29 is 22.7 Å². The largest absolute Gasteiger partial charge is 0.465 e. The van der Waals surface area contributed by atoms with E-state index < -0.39 is 11.7 Å². The quantitative estimate of drug-likeness (QED) is 0.675. The number of nitrogen functional groups attached to an aromatic ring is 1. The summed E-state index contributed by atoms with van der Waals surface area (Å²) in [7, 11) is 0. The Morgan fingerprint density at radius 2 is 1.91 bits per heavy atom. The van der Waals surface area contributed by atoms with Crippen LogP contribution in [0.25, 0.3) is 0 Å². The normalized spacial score (nSPS) is 16.4. The predicted molar refractivity (Wildman–Crippen MR) is 81.1 cm³/mol. The third kappa shape index (κ3) is 4.51.